The minimum Gasteiger partial charge on any atom is -0.385 e. The Kier molecular flexibility index (Phi) is 10.3. The van der Waals surface area contributed by atoms with E-state index in [4.69, 9.17) is 4.74 Å². The Morgan fingerprint density at radius 1 is 1.13 bits per heavy atom. The largest absolute Gasteiger partial charge is 0.385 e. The fourth-order valence-corrected chi connectivity index (χ4v) is 6.15. The highest BCUT2D eigenvalue weighted by molar-refractivity contribution is 9.10. The first kappa shape index (κ1) is 29.8. The maximum Gasteiger partial charge on any atom is 0.226 e. The van der Waals surface area contributed by atoms with Crippen molar-refractivity contribution in [1.82, 2.24) is 24.8 Å². The van der Waals surface area contributed by atoms with E-state index in [1.807, 2.05) is 36.2 Å². The molecule has 2 aromatic carbocycles. The molecule has 3 aromatic rings. The average Bonchev–Trinajstić information content (AvgIpc) is 3.36. The second-order valence-corrected chi connectivity index (χ2v) is 12.3. The minimum atomic E-state index is -0.280. The molecule has 39 heavy (non-hydrogen) atoms. The lowest BCUT2D eigenvalue weighted by molar-refractivity contribution is -0.140. The summed E-state index contributed by atoms with van der Waals surface area (Å²) < 4.78 is 23.3. The number of ether oxygens (including phenoxy) is 1. The molecule has 4 rings (SSSR count). The van der Waals surface area contributed by atoms with E-state index in [-0.39, 0.29) is 35.8 Å². The van der Waals surface area contributed by atoms with Crippen LogP contribution < -0.4 is 0 Å². The quantitative estimate of drug-likeness (QED) is 0.271. The molecule has 1 aliphatic heterocycles. The highest BCUT2D eigenvalue weighted by Crippen LogP contribution is 2.26. The van der Waals surface area contributed by atoms with Gasteiger partial charge in [0.05, 0.1) is 17.9 Å². The molecule has 4 atom stereocenters. The van der Waals surface area contributed by atoms with Crippen LogP contribution in [0, 0.1) is 11.7 Å². The number of hydrogen-bond donors (Lipinski definition) is 0. The van der Waals surface area contributed by atoms with Crippen molar-refractivity contribution in [3.05, 3.63) is 80.2 Å². The summed E-state index contributed by atoms with van der Waals surface area (Å²) in [4.78, 5) is 18.1. The predicted octanol–water partition coefficient (Wildman–Crippen LogP) is 5.87. The summed E-state index contributed by atoms with van der Waals surface area (Å²) in [7, 11) is 1.68. The van der Waals surface area contributed by atoms with Gasteiger partial charge in [-0.3, -0.25) is 9.69 Å². The second kappa shape index (κ2) is 13.5. The average molecular weight is 665 g/mol. The molecule has 1 aromatic heterocycles. The molecule has 2 heterocycles. The zero-order valence-electron chi connectivity index (χ0n) is 22.9. The number of hydrogen-bond acceptors (Lipinski definition) is 5. The van der Waals surface area contributed by atoms with Gasteiger partial charge in [0.2, 0.25) is 5.91 Å². The smallest absolute Gasteiger partial charge is 0.226 e. The summed E-state index contributed by atoms with van der Waals surface area (Å²) in [6, 6.07) is 13.2. The van der Waals surface area contributed by atoms with Crippen LogP contribution in [0.4, 0.5) is 4.39 Å². The van der Waals surface area contributed by atoms with E-state index in [0.717, 1.165) is 15.7 Å². The van der Waals surface area contributed by atoms with E-state index in [2.05, 4.69) is 73.1 Å². The van der Waals surface area contributed by atoms with Crippen molar-refractivity contribution < 1.29 is 13.9 Å². The van der Waals surface area contributed by atoms with Gasteiger partial charge in [0.15, 0.2) is 0 Å². The molecule has 0 radical (unpaired) electrons. The van der Waals surface area contributed by atoms with Crippen LogP contribution in [0.25, 0.3) is 0 Å². The fourth-order valence-electron chi connectivity index (χ4n) is 5.37. The van der Waals surface area contributed by atoms with Crippen LogP contribution in [0.15, 0.2) is 57.6 Å². The predicted molar refractivity (Wildman–Crippen MR) is 157 cm³/mol. The molecule has 0 spiro atoms. The van der Waals surface area contributed by atoms with Crippen molar-refractivity contribution in [2.45, 2.75) is 58.3 Å². The van der Waals surface area contributed by atoms with Gasteiger partial charge in [-0.2, -0.15) is 0 Å². The van der Waals surface area contributed by atoms with Gasteiger partial charge in [-0.1, -0.05) is 55.3 Å². The van der Waals surface area contributed by atoms with E-state index in [1.54, 1.807) is 17.9 Å². The second-order valence-electron chi connectivity index (χ2n) is 10.5. The van der Waals surface area contributed by atoms with Crippen molar-refractivity contribution in [2.75, 3.05) is 26.8 Å². The van der Waals surface area contributed by atoms with Crippen LogP contribution in [0.5, 0.6) is 0 Å². The number of methoxy groups -OCH3 is 1. The maximum absolute atomic E-state index is 14.5. The van der Waals surface area contributed by atoms with Gasteiger partial charge in [-0.05, 0) is 63.4 Å². The molecule has 1 aliphatic rings. The topological polar surface area (TPSA) is 63.5 Å². The number of nitrogens with zero attached hydrogens (tertiary/aromatic N) is 5. The zero-order chi connectivity index (χ0) is 28.1. The summed E-state index contributed by atoms with van der Waals surface area (Å²) in [6.45, 7) is 8.68. The van der Waals surface area contributed by atoms with Crippen molar-refractivity contribution in [1.29, 1.82) is 0 Å². The van der Waals surface area contributed by atoms with Crippen LogP contribution in [-0.4, -0.2) is 69.6 Å². The van der Waals surface area contributed by atoms with Crippen LogP contribution in [0.3, 0.4) is 0 Å². The molecule has 0 bridgehead atoms. The summed E-state index contributed by atoms with van der Waals surface area (Å²) >= 11 is 6.85. The van der Waals surface area contributed by atoms with Crippen LogP contribution in [0.1, 0.15) is 50.1 Å². The van der Waals surface area contributed by atoms with E-state index in [1.165, 1.54) is 6.07 Å². The molecule has 0 N–H and O–H groups in total. The highest BCUT2D eigenvalue weighted by Gasteiger charge is 2.35. The highest BCUT2D eigenvalue weighted by atomic mass is 79.9. The minimum absolute atomic E-state index is 0.134. The third-order valence-corrected chi connectivity index (χ3v) is 8.50. The first-order valence-corrected chi connectivity index (χ1v) is 14.9. The number of aromatic nitrogens is 3. The summed E-state index contributed by atoms with van der Waals surface area (Å²) in [6.07, 6.45) is 3.26. The number of amides is 1. The maximum atomic E-state index is 14.5. The number of halogens is 3. The molecular weight excluding hydrogens is 629 g/mol. The summed E-state index contributed by atoms with van der Waals surface area (Å²) in [5.74, 6) is -0.229. The van der Waals surface area contributed by atoms with Crippen LogP contribution in [-0.2, 0) is 22.5 Å². The van der Waals surface area contributed by atoms with Crippen molar-refractivity contribution in [3.63, 3.8) is 0 Å². The Morgan fingerprint density at radius 2 is 1.85 bits per heavy atom. The molecule has 1 saturated heterocycles. The molecule has 1 unspecified atom stereocenters. The molecule has 1 fully saturated rings. The number of carbonyl (C=O) groups excluding carboxylic acids is 1. The van der Waals surface area contributed by atoms with E-state index < -0.39 is 0 Å². The van der Waals surface area contributed by atoms with E-state index >= 15 is 0 Å². The molecule has 210 valence electrons. The van der Waals surface area contributed by atoms with Gasteiger partial charge in [0.25, 0.3) is 0 Å². The lowest BCUT2D eigenvalue weighted by Crippen LogP contribution is -2.58. The van der Waals surface area contributed by atoms with Crippen molar-refractivity contribution >= 4 is 37.8 Å². The first-order chi connectivity index (χ1) is 18.7. The Bertz CT molecular complexity index is 1260. The molecule has 1 amide bonds. The lowest BCUT2D eigenvalue weighted by atomic mass is 9.94. The Balaban J connectivity index is 1.40. The lowest BCUT2D eigenvalue weighted by Gasteiger charge is -2.45. The fraction of sp³-hybridized carbons (Fsp3) is 0.483. The van der Waals surface area contributed by atoms with E-state index in [0.29, 0.717) is 49.1 Å². The van der Waals surface area contributed by atoms with Gasteiger partial charge < -0.3 is 9.64 Å². The first-order valence-electron chi connectivity index (χ1n) is 13.3. The van der Waals surface area contributed by atoms with Crippen molar-refractivity contribution in [2.24, 2.45) is 5.92 Å². The summed E-state index contributed by atoms with van der Waals surface area (Å²) in [5, 5.41) is 8.68. The SMILES string of the molecule is COCCC(Cc1cccc(Br)c1)C(=O)N1C[C@@H](C)N(Cc2cn([C@H](C)c3ccc(Br)cc3F)nn2)[C@@H](C)C1. The summed E-state index contributed by atoms with van der Waals surface area (Å²) in [5.41, 5.74) is 2.53. The number of rotatable bonds is 10. The molecule has 0 aliphatic carbocycles. The Labute approximate surface area is 247 Å². The van der Waals surface area contributed by atoms with Crippen LogP contribution >= 0.6 is 31.9 Å². The van der Waals surface area contributed by atoms with Gasteiger partial charge in [0, 0.05) is 65.9 Å². The number of benzene rings is 2. The number of carbonyl (C=O) groups is 1. The van der Waals surface area contributed by atoms with Crippen LogP contribution in [0.2, 0.25) is 0 Å². The molecular formula is C29H36Br2FN5O2. The van der Waals surface area contributed by atoms with Crippen molar-refractivity contribution in [3.8, 4) is 0 Å². The number of piperazine rings is 1. The molecule has 0 saturated carbocycles. The third-order valence-electron chi connectivity index (χ3n) is 7.52. The van der Waals surface area contributed by atoms with Gasteiger partial charge in [0.1, 0.15) is 5.82 Å². The molecule has 10 heteroatoms. The van der Waals surface area contributed by atoms with Gasteiger partial charge in [-0.25, -0.2) is 9.07 Å². The monoisotopic (exact) mass is 663 g/mol. The van der Waals surface area contributed by atoms with E-state index in [9.17, 15) is 9.18 Å². The third kappa shape index (κ3) is 7.54. The zero-order valence-corrected chi connectivity index (χ0v) is 26.0. The van der Waals surface area contributed by atoms with Gasteiger partial charge >= 0.3 is 0 Å². The van der Waals surface area contributed by atoms with Gasteiger partial charge in [-0.15, -0.1) is 5.10 Å². The molecule has 7 nitrogen and oxygen atoms in total. The Hall–Kier alpha value is -2.14. The Morgan fingerprint density at radius 3 is 2.51 bits per heavy atom. The normalized spacial score (nSPS) is 19.7. The standard InChI is InChI=1S/C29H36Br2FN5O2/c1-19-15-35(29(38)23(10-11-39-4)12-22-6-5-7-24(30)13-22)16-20(2)36(19)17-26-18-37(34-33-26)21(3)27-9-8-25(31)14-28(27)32/h5-9,13-14,18-21,23H,10-12,15-17H2,1-4H3/t19-,20+,21-,23?/m1/s1.